The van der Waals surface area contributed by atoms with E-state index in [1.807, 2.05) is 0 Å². The second-order valence-electron chi connectivity index (χ2n) is 7.33. The molecule has 1 rings (SSSR count). The van der Waals surface area contributed by atoms with E-state index >= 15 is 0 Å². The average Bonchev–Trinajstić information content (AvgIpc) is 2.84. The number of aromatic hydroxyl groups is 1. The Labute approximate surface area is 215 Å². The minimum atomic E-state index is -1.18. The number of nitrogens with two attached hydrogens (primary N) is 1. The molecule has 0 radical (unpaired) electrons. The van der Waals surface area contributed by atoms with Gasteiger partial charge in [0.25, 0.3) is 16.1 Å². The van der Waals surface area contributed by atoms with E-state index in [0.717, 1.165) is 0 Å². The van der Waals surface area contributed by atoms with Crippen LogP contribution < -0.4 is 21.1 Å². The number of benzene rings is 1. The number of primary amides is 1. The number of hydrogen-bond acceptors (Lipinski definition) is 13. The number of ether oxygens (including phenoxy) is 3. The highest BCUT2D eigenvalue weighted by Gasteiger charge is 2.19. The number of carbonyl (C=O) groups excluding carboxylic acids is 3. The fourth-order valence-corrected chi connectivity index (χ4v) is 2.93. The van der Waals surface area contributed by atoms with E-state index in [1.165, 1.54) is 19.2 Å². The van der Waals surface area contributed by atoms with Gasteiger partial charge in [-0.25, -0.2) is 0 Å². The van der Waals surface area contributed by atoms with Gasteiger partial charge >= 0.3 is 0 Å². The Morgan fingerprint density at radius 1 is 1.08 bits per heavy atom. The smallest absolute Gasteiger partial charge is 0.294 e. The van der Waals surface area contributed by atoms with Crippen molar-refractivity contribution in [2.45, 2.75) is 25.4 Å². The van der Waals surface area contributed by atoms with Crippen LogP contribution in [0, 0.1) is 20.2 Å². The lowest BCUT2D eigenvalue weighted by Gasteiger charge is -2.13. The maximum Gasteiger partial charge on any atom is 0.294 e. The van der Waals surface area contributed by atoms with Gasteiger partial charge < -0.3 is 45.4 Å². The fourth-order valence-electron chi connectivity index (χ4n) is 2.93. The van der Waals surface area contributed by atoms with Crippen LogP contribution in [0.25, 0.3) is 0 Å². The van der Waals surface area contributed by atoms with Crippen molar-refractivity contribution in [3.05, 3.63) is 37.9 Å². The number of hydrogen-bond donors (Lipinski definition) is 4. The van der Waals surface area contributed by atoms with Gasteiger partial charge in [0.2, 0.25) is 11.8 Å². The largest absolute Gasteiger partial charge is 0.505 e. The molecule has 38 heavy (non-hydrogen) atoms. The molecule has 212 valence electrons. The highest BCUT2D eigenvalue weighted by molar-refractivity contribution is 6.02. The molecule has 0 heterocycles. The number of rotatable bonds is 20. The summed E-state index contributed by atoms with van der Waals surface area (Å²) < 4.78 is 15.4. The molecule has 0 fully saturated rings. The first-order valence-corrected chi connectivity index (χ1v) is 11.0. The number of anilines is 1. The van der Waals surface area contributed by atoms with E-state index in [1.54, 1.807) is 0 Å². The molecule has 0 aliphatic rings. The molecule has 3 amide bonds. The number of amides is 3. The van der Waals surface area contributed by atoms with Crippen molar-refractivity contribution < 1.29 is 53.5 Å². The molecule has 0 bridgehead atoms. The lowest BCUT2D eigenvalue weighted by molar-refractivity contribution is -0.790. The molecule has 1 atom stereocenters. The number of methoxy groups -OCH3 is 1. The standard InChI is InChI=1S/C20H29N5O13/c1-34-15-6-5-14(19(28)18(15)20(21)29)23-17(27)12-36-10-9-35-8-7-22-16(26)4-2-3-13(38-25(32)33)11-37-24(30)31/h5-6,13,28H,2-4,7-12H2,1H3,(H2,21,29)(H,22,26)(H,23,27). The Kier molecular flexibility index (Phi) is 14.2. The third kappa shape index (κ3) is 12.5. The van der Waals surface area contributed by atoms with E-state index in [9.17, 15) is 39.7 Å². The van der Waals surface area contributed by atoms with E-state index in [0.29, 0.717) is 0 Å². The van der Waals surface area contributed by atoms with Crippen molar-refractivity contribution in [3.63, 3.8) is 0 Å². The zero-order chi connectivity index (χ0) is 28.5. The maximum atomic E-state index is 12.0. The minimum absolute atomic E-state index is 0.00105. The molecule has 18 heteroatoms. The summed E-state index contributed by atoms with van der Waals surface area (Å²) in [4.78, 5) is 64.2. The summed E-state index contributed by atoms with van der Waals surface area (Å²) in [6.45, 7) is -0.539. The van der Waals surface area contributed by atoms with Crippen LogP contribution in [0.2, 0.25) is 0 Å². The van der Waals surface area contributed by atoms with Gasteiger partial charge in [-0.15, -0.1) is 20.2 Å². The molecular formula is C20H29N5O13. The van der Waals surface area contributed by atoms with Gasteiger partial charge in [0.15, 0.2) is 5.75 Å². The molecule has 1 aromatic rings. The number of nitrogens with zero attached hydrogens (tertiary/aromatic N) is 2. The Balaban J connectivity index is 2.18. The SMILES string of the molecule is COc1ccc(NC(=O)COCCOCCNC(=O)CCCC(CO[N+](=O)[O-])O[N+](=O)[O-])c(O)c1C(N)=O. The Hall–Kier alpha value is -4.45. The summed E-state index contributed by atoms with van der Waals surface area (Å²) in [6, 6.07) is 2.69. The molecule has 0 aliphatic heterocycles. The first kappa shape index (κ1) is 31.6. The zero-order valence-corrected chi connectivity index (χ0v) is 20.4. The van der Waals surface area contributed by atoms with Gasteiger partial charge in [-0.1, -0.05) is 0 Å². The van der Waals surface area contributed by atoms with Crippen LogP contribution in [-0.4, -0.2) is 85.8 Å². The van der Waals surface area contributed by atoms with Gasteiger partial charge in [-0.3, -0.25) is 14.4 Å². The monoisotopic (exact) mass is 547 g/mol. The zero-order valence-electron chi connectivity index (χ0n) is 20.4. The molecule has 0 spiro atoms. The van der Waals surface area contributed by atoms with Crippen molar-refractivity contribution >= 4 is 23.4 Å². The number of carbonyl (C=O) groups is 3. The summed E-state index contributed by atoms with van der Waals surface area (Å²) in [5, 5.41) is 33.5. The molecule has 18 nitrogen and oxygen atoms in total. The fraction of sp³-hybridized carbons (Fsp3) is 0.550. The van der Waals surface area contributed by atoms with Gasteiger partial charge in [-0.2, -0.15) is 0 Å². The average molecular weight is 547 g/mol. The summed E-state index contributed by atoms with van der Waals surface area (Å²) in [5.41, 5.74) is 4.89. The van der Waals surface area contributed by atoms with Crippen molar-refractivity contribution in [1.82, 2.24) is 5.32 Å². The van der Waals surface area contributed by atoms with Crippen LogP contribution in [0.15, 0.2) is 12.1 Å². The summed E-state index contributed by atoms with van der Waals surface area (Å²) in [6.07, 6.45) is -1.02. The minimum Gasteiger partial charge on any atom is -0.505 e. The number of nitrogens with one attached hydrogen (secondary N) is 2. The van der Waals surface area contributed by atoms with Crippen LogP contribution >= 0.6 is 0 Å². The van der Waals surface area contributed by atoms with Crippen LogP contribution in [-0.2, 0) is 28.7 Å². The lowest BCUT2D eigenvalue weighted by atomic mass is 10.1. The molecule has 1 unspecified atom stereocenters. The second-order valence-corrected chi connectivity index (χ2v) is 7.33. The quantitative estimate of drug-likeness (QED) is 0.0698. The summed E-state index contributed by atoms with van der Waals surface area (Å²) in [7, 11) is 1.29. The van der Waals surface area contributed by atoms with Crippen LogP contribution in [0.3, 0.4) is 0 Å². The lowest BCUT2D eigenvalue weighted by Crippen LogP contribution is -2.28. The van der Waals surface area contributed by atoms with E-state index < -0.39 is 40.4 Å². The Bertz CT molecular complexity index is 975. The maximum absolute atomic E-state index is 12.0. The van der Waals surface area contributed by atoms with Gasteiger partial charge in [0.1, 0.15) is 30.6 Å². The van der Waals surface area contributed by atoms with E-state index in [2.05, 4.69) is 20.3 Å². The molecule has 5 N–H and O–H groups in total. The molecule has 1 aromatic carbocycles. The molecule has 0 saturated carbocycles. The predicted octanol–water partition coefficient (Wildman–Crippen LogP) is -0.457. The first-order chi connectivity index (χ1) is 18.0. The van der Waals surface area contributed by atoms with Gasteiger partial charge in [-0.05, 0) is 25.0 Å². The highest BCUT2D eigenvalue weighted by atomic mass is 17.0. The molecular weight excluding hydrogens is 518 g/mol. The Morgan fingerprint density at radius 2 is 1.79 bits per heavy atom. The van der Waals surface area contributed by atoms with Gasteiger partial charge in [0, 0.05) is 13.0 Å². The second kappa shape index (κ2) is 17.1. The van der Waals surface area contributed by atoms with Crippen LogP contribution in [0.1, 0.15) is 29.6 Å². The van der Waals surface area contributed by atoms with Crippen molar-refractivity contribution in [2.75, 3.05) is 52.0 Å². The normalized spacial score (nSPS) is 11.2. The number of phenols is 1. The highest BCUT2D eigenvalue weighted by Crippen LogP contribution is 2.34. The predicted molar refractivity (Wildman–Crippen MR) is 125 cm³/mol. The third-order valence-electron chi connectivity index (χ3n) is 4.58. The third-order valence-corrected chi connectivity index (χ3v) is 4.58. The van der Waals surface area contributed by atoms with E-state index in [4.69, 9.17) is 19.9 Å². The van der Waals surface area contributed by atoms with Gasteiger partial charge in [0.05, 0.1) is 32.6 Å². The molecule has 0 aliphatic carbocycles. The van der Waals surface area contributed by atoms with Crippen LogP contribution in [0.5, 0.6) is 11.5 Å². The first-order valence-electron chi connectivity index (χ1n) is 11.0. The summed E-state index contributed by atoms with van der Waals surface area (Å²) >= 11 is 0. The Morgan fingerprint density at radius 3 is 2.42 bits per heavy atom. The van der Waals surface area contributed by atoms with Crippen molar-refractivity contribution in [1.29, 1.82) is 0 Å². The topological polar surface area (TPSA) is 254 Å². The van der Waals surface area contributed by atoms with Crippen LogP contribution in [0.4, 0.5) is 5.69 Å². The molecule has 0 saturated heterocycles. The van der Waals surface area contributed by atoms with Crippen molar-refractivity contribution in [2.24, 2.45) is 5.73 Å². The molecule has 0 aromatic heterocycles. The summed E-state index contributed by atoms with van der Waals surface area (Å²) in [5.74, 6) is -2.39. The van der Waals surface area contributed by atoms with E-state index in [-0.39, 0.29) is 75.1 Å². The van der Waals surface area contributed by atoms with Crippen molar-refractivity contribution in [3.8, 4) is 11.5 Å².